The largest absolute Gasteiger partial charge is 0.359 e. The first kappa shape index (κ1) is 32.9. The predicted octanol–water partition coefficient (Wildman–Crippen LogP) is -0.0151. The van der Waals surface area contributed by atoms with Crippen molar-refractivity contribution in [2.75, 3.05) is 13.1 Å². The molecule has 6 amide bonds. The number of hydrogen-bond donors (Lipinski definition) is 5. The van der Waals surface area contributed by atoms with E-state index in [0.29, 0.717) is 6.42 Å². The maximum Gasteiger partial charge on any atom is 0.274 e. The third-order valence-corrected chi connectivity index (χ3v) is 8.00. The fourth-order valence-corrected chi connectivity index (χ4v) is 5.43. The molecular weight excluding hydrogens is 606 g/mol. The number of benzene rings is 2. The number of rotatable bonds is 5. The molecule has 0 unspecified atom stereocenters. The van der Waals surface area contributed by atoms with E-state index in [2.05, 4.69) is 31.7 Å². The Labute approximate surface area is 271 Å². The van der Waals surface area contributed by atoms with E-state index < -0.39 is 47.8 Å². The Morgan fingerprint density at radius 2 is 1.45 bits per heavy atom. The first-order valence-electron chi connectivity index (χ1n) is 15.5. The van der Waals surface area contributed by atoms with Crippen molar-refractivity contribution in [3.8, 4) is 0 Å². The molecule has 1 saturated heterocycles. The van der Waals surface area contributed by atoms with Crippen LogP contribution in [-0.2, 0) is 43.4 Å². The Morgan fingerprint density at radius 1 is 0.830 bits per heavy atom. The van der Waals surface area contributed by atoms with Gasteiger partial charge < -0.3 is 36.0 Å². The number of nitrogens with zero attached hydrogens (tertiary/aromatic N) is 2. The molecule has 3 heterocycles. The predicted molar refractivity (Wildman–Crippen MR) is 167 cm³/mol. The average molecular weight is 644 g/mol. The van der Waals surface area contributed by atoms with E-state index in [1.165, 1.54) is 17.9 Å². The average Bonchev–Trinajstić information content (AvgIpc) is 3.73. The van der Waals surface area contributed by atoms with Crippen molar-refractivity contribution < 1.29 is 33.3 Å². The van der Waals surface area contributed by atoms with Crippen LogP contribution in [0.5, 0.6) is 0 Å². The maximum atomic E-state index is 13.8. The van der Waals surface area contributed by atoms with Crippen LogP contribution in [0, 0.1) is 0 Å². The molecule has 246 valence electrons. The van der Waals surface area contributed by atoms with Gasteiger partial charge in [-0.15, -0.1) is 0 Å². The van der Waals surface area contributed by atoms with Gasteiger partial charge in [-0.1, -0.05) is 65.8 Å². The fourth-order valence-electron chi connectivity index (χ4n) is 5.43. The highest BCUT2D eigenvalue weighted by Gasteiger charge is 2.33. The maximum absolute atomic E-state index is 13.8. The minimum absolute atomic E-state index is 0.00950. The van der Waals surface area contributed by atoms with Crippen LogP contribution in [0.1, 0.15) is 47.1 Å². The Kier molecular flexibility index (Phi) is 10.6. The van der Waals surface area contributed by atoms with E-state index in [1.807, 2.05) is 60.7 Å². The van der Waals surface area contributed by atoms with Gasteiger partial charge in [0.25, 0.3) is 5.91 Å². The van der Waals surface area contributed by atoms with E-state index in [9.17, 15) is 28.8 Å². The molecule has 2 aromatic carbocycles. The van der Waals surface area contributed by atoms with Gasteiger partial charge in [0.1, 0.15) is 24.2 Å². The molecule has 4 atom stereocenters. The summed E-state index contributed by atoms with van der Waals surface area (Å²) in [6, 6.07) is 15.7. The van der Waals surface area contributed by atoms with E-state index in [1.54, 1.807) is 0 Å². The van der Waals surface area contributed by atoms with Crippen LogP contribution in [0.25, 0.3) is 0 Å². The second-order valence-electron chi connectivity index (χ2n) is 11.6. The van der Waals surface area contributed by atoms with Crippen LogP contribution < -0.4 is 26.6 Å². The molecule has 47 heavy (non-hydrogen) atoms. The van der Waals surface area contributed by atoms with Gasteiger partial charge in [-0.2, -0.15) is 0 Å². The molecule has 14 nitrogen and oxygen atoms in total. The highest BCUT2D eigenvalue weighted by Crippen LogP contribution is 2.14. The summed E-state index contributed by atoms with van der Waals surface area (Å²) in [6.45, 7) is 1.42. The van der Waals surface area contributed by atoms with Crippen LogP contribution in [0.2, 0.25) is 0 Å². The second kappa shape index (κ2) is 15.2. The van der Waals surface area contributed by atoms with Crippen molar-refractivity contribution in [2.24, 2.45) is 0 Å². The molecule has 0 saturated carbocycles. The van der Waals surface area contributed by atoms with E-state index >= 15 is 0 Å². The minimum atomic E-state index is -1.08. The zero-order valence-corrected chi connectivity index (χ0v) is 25.9. The zero-order chi connectivity index (χ0) is 33.3. The number of carbonyl (C=O) groups excluding carboxylic acids is 6. The number of nitrogens with one attached hydrogen (secondary N) is 5. The quantitative estimate of drug-likeness (QED) is 0.256. The van der Waals surface area contributed by atoms with Gasteiger partial charge in [0.05, 0.1) is 6.54 Å². The molecule has 0 aliphatic carbocycles. The van der Waals surface area contributed by atoms with Gasteiger partial charge in [-0.3, -0.25) is 28.8 Å². The zero-order valence-electron chi connectivity index (χ0n) is 25.9. The first-order valence-corrected chi connectivity index (χ1v) is 15.5. The lowest BCUT2D eigenvalue weighted by molar-refractivity contribution is -0.135. The smallest absolute Gasteiger partial charge is 0.274 e. The summed E-state index contributed by atoms with van der Waals surface area (Å²) in [6.07, 6.45) is 0.819. The van der Waals surface area contributed by atoms with Gasteiger partial charge in [0.2, 0.25) is 29.5 Å². The molecule has 2 aliphatic rings. The van der Waals surface area contributed by atoms with Crippen LogP contribution >= 0.6 is 0 Å². The summed E-state index contributed by atoms with van der Waals surface area (Å²) in [4.78, 5) is 80.2. The summed E-state index contributed by atoms with van der Waals surface area (Å²) in [5.74, 6) is -2.83. The van der Waals surface area contributed by atoms with Crippen LogP contribution in [0.15, 0.2) is 71.3 Å². The topological polar surface area (TPSA) is 192 Å². The number of amides is 6. The van der Waals surface area contributed by atoms with Crippen LogP contribution in [-0.4, -0.2) is 82.8 Å². The number of carbonyl (C=O) groups is 6. The SMILES string of the molecule is C[C@@H]1NC(=O)c2cc(on2)CN(C(=O)[C@@H]2CCC(=O)N2)CCNC(=O)[C@@H](Cc2ccccc2)NC(=O)[C@H](Cc2ccccc2)NC1=O. The Morgan fingerprint density at radius 3 is 2.06 bits per heavy atom. The lowest BCUT2D eigenvalue weighted by Crippen LogP contribution is -2.57. The lowest BCUT2D eigenvalue weighted by Gasteiger charge is -2.26. The van der Waals surface area contributed by atoms with Crippen molar-refractivity contribution in [2.45, 2.75) is 63.3 Å². The molecule has 5 rings (SSSR count). The minimum Gasteiger partial charge on any atom is -0.359 e. The molecule has 2 aliphatic heterocycles. The third-order valence-electron chi connectivity index (χ3n) is 8.00. The van der Waals surface area contributed by atoms with Gasteiger partial charge >= 0.3 is 0 Å². The highest BCUT2D eigenvalue weighted by atomic mass is 16.5. The summed E-state index contributed by atoms with van der Waals surface area (Å²) in [5.41, 5.74) is 1.46. The molecule has 14 heteroatoms. The molecule has 0 radical (unpaired) electrons. The molecular formula is C33H37N7O7. The normalized spacial score (nSPS) is 23.0. The number of hydrogen-bond acceptors (Lipinski definition) is 8. The molecule has 1 fully saturated rings. The fraction of sp³-hybridized carbons (Fsp3) is 0.364. The van der Waals surface area contributed by atoms with Gasteiger partial charge in [0, 0.05) is 38.4 Å². The van der Waals surface area contributed by atoms with Gasteiger partial charge in [-0.25, -0.2) is 0 Å². The van der Waals surface area contributed by atoms with Crippen molar-refractivity contribution in [3.63, 3.8) is 0 Å². The van der Waals surface area contributed by atoms with Gasteiger partial charge in [-0.05, 0) is 24.5 Å². The van der Waals surface area contributed by atoms with Gasteiger partial charge in [0.15, 0.2) is 11.5 Å². The molecule has 3 aromatic rings. The van der Waals surface area contributed by atoms with Crippen molar-refractivity contribution in [3.05, 3.63) is 89.3 Å². The molecule has 5 N–H and O–H groups in total. The molecule has 0 spiro atoms. The molecule has 2 bridgehead atoms. The lowest BCUT2D eigenvalue weighted by atomic mass is 10.0. The van der Waals surface area contributed by atoms with Crippen LogP contribution in [0.4, 0.5) is 0 Å². The monoisotopic (exact) mass is 643 g/mol. The van der Waals surface area contributed by atoms with Crippen LogP contribution in [0.3, 0.4) is 0 Å². The first-order chi connectivity index (χ1) is 22.7. The van der Waals surface area contributed by atoms with Crippen molar-refractivity contribution in [1.29, 1.82) is 0 Å². The number of aromatic nitrogens is 1. The van der Waals surface area contributed by atoms with Crippen molar-refractivity contribution in [1.82, 2.24) is 36.6 Å². The van der Waals surface area contributed by atoms with E-state index in [4.69, 9.17) is 4.52 Å². The summed E-state index contributed by atoms with van der Waals surface area (Å²) in [5, 5.41) is 17.4. The summed E-state index contributed by atoms with van der Waals surface area (Å²) in [7, 11) is 0. The van der Waals surface area contributed by atoms with Crippen molar-refractivity contribution >= 4 is 35.4 Å². The standard InChI is InChI=1S/C33H37N7O7/c1-20-29(42)37-26(17-22-10-6-3-7-11-22)31(44)38-25(16-21-8-4-2-5-9-21)30(43)34-14-15-40(33(46)24-12-13-28(41)36-24)19-23-18-27(39-47-23)32(45)35-20/h2-11,18,20,24-26H,12-17,19H2,1H3,(H,34,43)(H,35,45)(H,36,41)(H,37,42)(H,38,44)/t20-,24-,25+,26-/m0/s1. The Hall–Kier alpha value is -5.53. The summed E-state index contributed by atoms with van der Waals surface area (Å²) >= 11 is 0. The third kappa shape index (κ3) is 8.81. The van der Waals surface area contributed by atoms with E-state index in [-0.39, 0.29) is 62.2 Å². The van der Waals surface area contributed by atoms with E-state index in [0.717, 1.165) is 11.1 Å². The second-order valence-corrected chi connectivity index (χ2v) is 11.6. The summed E-state index contributed by atoms with van der Waals surface area (Å²) < 4.78 is 5.34. The Balaban J connectivity index is 1.43. The molecule has 1 aromatic heterocycles. The highest BCUT2D eigenvalue weighted by molar-refractivity contribution is 5.98. The Bertz CT molecular complexity index is 1610. The number of fused-ring (bicyclic) bond motifs is 2.